The number of nitriles is 1. The second-order valence-corrected chi connectivity index (χ2v) is 5.30. The van der Waals surface area contributed by atoms with Crippen LogP contribution in [-0.4, -0.2) is 18.6 Å². The number of hydrogen-bond acceptors (Lipinski definition) is 3. The average Bonchev–Trinajstić information content (AvgIpc) is 2.38. The molecule has 2 unspecified atom stereocenters. The topological polar surface area (TPSA) is 53.0 Å². The first-order valence-corrected chi connectivity index (χ1v) is 6.73. The number of nitrogens with zero attached hydrogens (tertiary/aromatic N) is 2. The molecule has 1 aromatic rings. The Bertz CT molecular complexity index is 465. The molecule has 2 N–H and O–H groups in total. The van der Waals surface area contributed by atoms with E-state index in [4.69, 9.17) is 22.6 Å². The molecule has 0 aliphatic carbocycles. The van der Waals surface area contributed by atoms with Crippen LogP contribution in [0.3, 0.4) is 0 Å². The summed E-state index contributed by atoms with van der Waals surface area (Å²) in [5, 5.41) is 9.41. The molecule has 4 heteroatoms. The zero-order chi connectivity index (χ0) is 13.1. The van der Waals surface area contributed by atoms with Crippen LogP contribution in [0.25, 0.3) is 0 Å². The van der Waals surface area contributed by atoms with Crippen molar-refractivity contribution in [3.8, 4) is 6.07 Å². The minimum absolute atomic E-state index is 0.139. The van der Waals surface area contributed by atoms with Gasteiger partial charge in [0.2, 0.25) is 0 Å². The van der Waals surface area contributed by atoms with Crippen LogP contribution in [0, 0.1) is 11.3 Å². The summed E-state index contributed by atoms with van der Waals surface area (Å²) in [6.07, 6.45) is 3.53. The molecular formula is C14H18ClN3. The monoisotopic (exact) mass is 263 g/mol. The minimum Gasteiger partial charge on any atom is -0.367 e. The van der Waals surface area contributed by atoms with E-state index in [1.807, 2.05) is 19.1 Å². The van der Waals surface area contributed by atoms with Crippen LogP contribution in [0.1, 0.15) is 31.7 Å². The highest BCUT2D eigenvalue weighted by Crippen LogP contribution is 2.29. The van der Waals surface area contributed by atoms with E-state index >= 15 is 0 Å². The summed E-state index contributed by atoms with van der Waals surface area (Å²) in [5.74, 6) is 0. The van der Waals surface area contributed by atoms with Gasteiger partial charge in [-0.1, -0.05) is 11.6 Å². The second-order valence-electron chi connectivity index (χ2n) is 4.89. The van der Waals surface area contributed by atoms with E-state index in [1.165, 1.54) is 12.8 Å². The minimum atomic E-state index is 0.139. The first kappa shape index (κ1) is 13.2. The van der Waals surface area contributed by atoms with Crippen molar-refractivity contribution in [2.24, 2.45) is 5.73 Å². The normalized spacial score (nSPS) is 21.4. The molecule has 1 heterocycles. The van der Waals surface area contributed by atoms with Gasteiger partial charge in [0.1, 0.15) is 6.07 Å². The van der Waals surface area contributed by atoms with Crippen molar-refractivity contribution in [1.29, 1.82) is 5.26 Å². The number of rotatable bonds is 2. The maximum atomic E-state index is 8.89. The van der Waals surface area contributed by atoms with Crippen LogP contribution < -0.4 is 10.6 Å². The van der Waals surface area contributed by atoms with Gasteiger partial charge in [-0.2, -0.15) is 5.26 Å². The van der Waals surface area contributed by atoms with Gasteiger partial charge in [-0.25, -0.2) is 0 Å². The van der Waals surface area contributed by atoms with Crippen LogP contribution in [0.15, 0.2) is 18.2 Å². The summed E-state index contributed by atoms with van der Waals surface area (Å²) in [7, 11) is 0. The zero-order valence-corrected chi connectivity index (χ0v) is 11.3. The van der Waals surface area contributed by atoms with Gasteiger partial charge in [-0.3, -0.25) is 0 Å². The second kappa shape index (κ2) is 5.60. The third-order valence-electron chi connectivity index (χ3n) is 3.56. The summed E-state index contributed by atoms with van der Waals surface area (Å²) in [4.78, 5) is 2.32. The first-order chi connectivity index (χ1) is 8.63. The number of nitrogens with two attached hydrogens (primary N) is 1. The highest BCUT2D eigenvalue weighted by molar-refractivity contribution is 6.32. The van der Waals surface area contributed by atoms with Crippen molar-refractivity contribution in [2.45, 2.75) is 38.3 Å². The van der Waals surface area contributed by atoms with Crippen LogP contribution in [0.5, 0.6) is 0 Å². The molecule has 3 nitrogen and oxygen atoms in total. The van der Waals surface area contributed by atoms with Crippen LogP contribution in [-0.2, 0) is 0 Å². The molecule has 1 fully saturated rings. The Hall–Kier alpha value is -1.24. The third-order valence-corrected chi connectivity index (χ3v) is 3.87. The molecule has 0 saturated carbocycles. The molecule has 0 bridgehead atoms. The fraction of sp³-hybridized carbons (Fsp3) is 0.500. The van der Waals surface area contributed by atoms with Crippen molar-refractivity contribution >= 4 is 17.3 Å². The number of anilines is 1. The van der Waals surface area contributed by atoms with Gasteiger partial charge >= 0.3 is 0 Å². The van der Waals surface area contributed by atoms with E-state index in [2.05, 4.69) is 11.0 Å². The fourth-order valence-electron chi connectivity index (χ4n) is 2.60. The van der Waals surface area contributed by atoms with Gasteiger partial charge in [0.25, 0.3) is 0 Å². The van der Waals surface area contributed by atoms with Crippen molar-refractivity contribution in [3.63, 3.8) is 0 Å². The van der Waals surface area contributed by atoms with Crippen LogP contribution in [0.2, 0.25) is 5.02 Å². The molecule has 1 aliphatic rings. The average molecular weight is 264 g/mol. The summed E-state index contributed by atoms with van der Waals surface area (Å²) in [6, 6.07) is 8.21. The summed E-state index contributed by atoms with van der Waals surface area (Å²) < 4.78 is 0. The molecule has 0 amide bonds. The fourth-order valence-corrected chi connectivity index (χ4v) is 2.81. The van der Waals surface area contributed by atoms with Gasteiger partial charge in [-0.15, -0.1) is 0 Å². The molecule has 0 aromatic heterocycles. The Labute approximate surface area is 113 Å². The molecule has 0 spiro atoms. The smallest absolute Gasteiger partial charge is 0.101 e. The lowest BCUT2D eigenvalue weighted by atomic mass is 9.96. The molecule has 1 aromatic carbocycles. The van der Waals surface area contributed by atoms with Gasteiger partial charge in [-0.05, 0) is 44.4 Å². The molecule has 2 atom stereocenters. The Morgan fingerprint density at radius 3 is 2.89 bits per heavy atom. The predicted octanol–water partition coefficient (Wildman–Crippen LogP) is 2.92. The lowest BCUT2D eigenvalue weighted by Crippen LogP contribution is -2.49. The standard InChI is InChI=1S/C14H18ClN3/c1-10(17)14-4-2-3-7-18(14)12-6-5-11(9-16)13(15)8-12/h5-6,8,10,14H,2-4,7,17H2,1H3. The largest absolute Gasteiger partial charge is 0.367 e. The lowest BCUT2D eigenvalue weighted by molar-refractivity contribution is 0.413. The van der Waals surface area contributed by atoms with E-state index in [-0.39, 0.29) is 6.04 Å². The Morgan fingerprint density at radius 2 is 2.28 bits per heavy atom. The van der Waals surface area contributed by atoms with Crippen molar-refractivity contribution in [3.05, 3.63) is 28.8 Å². The molecule has 1 saturated heterocycles. The number of hydrogen-bond donors (Lipinski definition) is 1. The lowest BCUT2D eigenvalue weighted by Gasteiger charge is -2.39. The van der Waals surface area contributed by atoms with Crippen molar-refractivity contribution in [1.82, 2.24) is 0 Å². The molecule has 0 radical (unpaired) electrons. The van der Waals surface area contributed by atoms with E-state index in [9.17, 15) is 0 Å². The third kappa shape index (κ3) is 2.60. The SMILES string of the molecule is CC(N)C1CCCCN1c1ccc(C#N)c(Cl)c1. The molecular weight excluding hydrogens is 246 g/mol. The van der Waals surface area contributed by atoms with Crippen LogP contribution in [0.4, 0.5) is 5.69 Å². The van der Waals surface area contributed by atoms with E-state index < -0.39 is 0 Å². The quantitative estimate of drug-likeness (QED) is 0.893. The van der Waals surface area contributed by atoms with Crippen molar-refractivity contribution in [2.75, 3.05) is 11.4 Å². The van der Waals surface area contributed by atoms with Gasteiger partial charge in [0.15, 0.2) is 0 Å². The first-order valence-electron chi connectivity index (χ1n) is 6.35. The van der Waals surface area contributed by atoms with Gasteiger partial charge in [0.05, 0.1) is 10.6 Å². The zero-order valence-electron chi connectivity index (χ0n) is 10.6. The Balaban J connectivity index is 2.29. The predicted molar refractivity (Wildman–Crippen MR) is 74.8 cm³/mol. The summed E-state index contributed by atoms with van der Waals surface area (Å²) >= 11 is 6.10. The summed E-state index contributed by atoms with van der Waals surface area (Å²) in [5.41, 5.74) is 7.66. The summed E-state index contributed by atoms with van der Waals surface area (Å²) in [6.45, 7) is 3.06. The number of piperidine rings is 1. The number of halogens is 1. The molecule has 2 rings (SSSR count). The highest BCUT2D eigenvalue weighted by atomic mass is 35.5. The number of benzene rings is 1. The highest BCUT2D eigenvalue weighted by Gasteiger charge is 2.25. The van der Waals surface area contributed by atoms with E-state index in [1.54, 1.807) is 6.07 Å². The van der Waals surface area contributed by atoms with Crippen LogP contribution >= 0.6 is 11.6 Å². The van der Waals surface area contributed by atoms with Gasteiger partial charge < -0.3 is 10.6 Å². The molecule has 18 heavy (non-hydrogen) atoms. The maximum absolute atomic E-state index is 8.89. The van der Waals surface area contributed by atoms with E-state index in [0.29, 0.717) is 16.6 Å². The molecule has 1 aliphatic heterocycles. The Morgan fingerprint density at radius 1 is 1.50 bits per heavy atom. The van der Waals surface area contributed by atoms with Gasteiger partial charge in [0, 0.05) is 24.3 Å². The Kier molecular flexibility index (Phi) is 4.11. The van der Waals surface area contributed by atoms with Crippen molar-refractivity contribution < 1.29 is 0 Å². The molecule has 96 valence electrons. The van der Waals surface area contributed by atoms with E-state index in [0.717, 1.165) is 18.7 Å². The maximum Gasteiger partial charge on any atom is 0.101 e.